The highest BCUT2D eigenvalue weighted by molar-refractivity contribution is 9.10. The lowest BCUT2D eigenvalue weighted by atomic mass is 10.2. The summed E-state index contributed by atoms with van der Waals surface area (Å²) in [5, 5.41) is 0. The van der Waals surface area contributed by atoms with Crippen molar-refractivity contribution in [3.05, 3.63) is 35.9 Å². The number of alkyl halides is 1. The lowest BCUT2D eigenvalue weighted by Gasteiger charge is -2.37. The van der Waals surface area contributed by atoms with E-state index in [1.807, 2.05) is 59.7 Å². The summed E-state index contributed by atoms with van der Waals surface area (Å²) in [6, 6.07) is 10.9. The number of benzene rings is 1. The second-order valence-corrected chi connectivity index (χ2v) is 10.4. The predicted octanol–water partition coefficient (Wildman–Crippen LogP) is 4.70. The first kappa shape index (κ1) is 18.8. The third-order valence-electron chi connectivity index (χ3n) is 2.49. The maximum absolute atomic E-state index is 6.26. The molecule has 0 radical (unpaired) electrons. The Morgan fingerprint density at radius 1 is 1.00 bits per heavy atom. The number of hydrogen-bond acceptors (Lipinski definition) is 3. The molecule has 0 amide bonds. The molecule has 1 rings (SSSR count). The van der Waals surface area contributed by atoms with Crippen LogP contribution in [0.15, 0.2) is 30.3 Å². The molecule has 120 valence electrons. The second-order valence-electron chi connectivity index (χ2n) is 6.14. The molecule has 0 bridgehead atoms. The van der Waals surface area contributed by atoms with Crippen molar-refractivity contribution in [3.63, 3.8) is 0 Å². The molecule has 0 aliphatic rings. The van der Waals surface area contributed by atoms with Gasteiger partial charge in [-0.3, -0.25) is 0 Å². The van der Waals surface area contributed by atoms with Crippen molar-refractivity contribution in [2.45, 2.75) is 64.3 Å². The van der Waals surface area contributed by atoms with Crippen LogP contribution >= 0.6 is 15.9 Å². The second kappa shape index (κ2) is 7.88. The van der Waals surface area contributed by atoms with Gasteiger partial charge in [-0.15, -0.1) is 0 Å². The molecule has 0 heterocycles. The topological polar surface area (TPSA) is 27.7 Å². The standard InChI is InChI=1S/C16H27BrO3Si/c1-13(2)18-21(19-14(3)4,20-16(5,6)17)12-15-10-8-7-9-11-15/h7-11,13-14H,12H2,1-6H3. The summed E-state index contributed by atoms with van der Waals surface area (Å²) in [7, 11) is -2.84. The van der Waals surface area contributed by atoms with Crippen LogP contribution in [-0.2, 0) is 19.3 Å². The van der Waals surface area contributed by atoms with E-state index in [0.29, 0.717) is 6.04 Å². The van der Waals surface area contributed by atoms with E-state index in [1.165, 1.54) is 5.56 Å². The van der Waals surface area contributed by atoms with Crippen LogP contribution in [0.1, 0.15) is 47.1 Å². The summed E-state index contributed by atoms with van der Waals surface area (Å²) in [5.74, 6) is 0. The molecule has 0 unspecified atom stereocenters. The summed E-state index contributed by atoms with van der Waals surface area (Å²) in [6.07, 6.45) is 0.1000. The zero-order chi connectivity index (χ0) is 16.1. The van der Waals surface area contributed by atoms with Gasteiger partial charge in [0.2, 0.25) is 0 Å². The highest BCUT2D eigenvalue weighted by Crippen LogP contribution is 2.29. The Kier molecular flexibility index (Phi) is 7.07. The molecule has 0 spiro atoms. The van der Waals surface area contributed by atoms with Gasteiger partial charge in [0.25, 0.3) is 0 Å². The Morgan fingerprint density at radius 2 is 1.48 bits per heavy atom. The molecule has 0 aromatic heterocycles. The fourth-order valence-corrected chi connectivity index (χ4v) is 6.17. The maximum atomic E-state index is 6.26. The molecule has 3 nitrogen and oxygen atoms in total. The average Bonchev–Trinajstić information content (AvgIpc) is 2.24. The fourth-order valence-electron chi connectivity index (χ4n) is 2.13. The molecule has 0 saturated carbocycles. The highest BCUT2D eigenvalue weighted by atomic mass is 79.9. The van der Waals surface area contributed by atoms with Gasteiger partial charge in [-0.2, -0.15) is 0 Å². The van der Waals surface area contributed by atoms with Crippen LogP contribution in [0.2, 0.25) is 0 Å². The van der Waals surface area contributed by atoms with Gasteiger partial charge in [-0.05, 0) is 47.1 Å². The first-order chi connectivity index (χ1) is 9.62. The Hall–Kier alpha value is -0.203. The Labute approximate surface area is 138 Å². The minimum Gasteiger partial charge on any atom is -0.371 e. The average molecular weight is 375 g/mol. The van der Waals surface area contributed by atoms with Crippen LogP contribution in [0, 0.1) is 0 Å². The molecule has 0 saturated heterocycles. The molecule has 0 N–H and O–H groups in total. The van der Waals surface area contributed by atoms with Crippen molar-refractivity contribution in [2.24, 2.45) is 0 Å². The molecule has 5 heteroatoms. The summed E-state index contributed by atoms with van der Waals surface area (Å²) >= 11 is 3.56. The molecular formula is C16H27BrO3Si. The monoisotopic (exact) mass is 374 g/mol. The zero-order valence-electron chi connectivity index (χ0n) is 13.9. The normalized spacial score (nSPS) is 13.2. The van der Waals surface area contributed by atoms with Crippen molar-refractivity contribution in [3.8, 4) is 0 Å². The minimum atomic E-state index is -2.84. The SMILES string of the molecule is CC(C)O[Si](Cc1ccccc1)(OC(C)C)OC(C)(C)Br. The number of hydrogen-bond donors (Lipinski definition) is 0. The smallest absolute Gasteiger partial charge is 0.371 e. The lowest BCUT2D eigenvalue weighted by molar-refractivity contribution is -0.00492. The van der Waals surface area contributed by atoms with Crippen LogP contribution in [-0.4, -0.2) is 25.5 Å². The van der Waals surface area contributed by atoms with Crippen molar-refractivity contribution in [1.82, 2.24) is 0 Å². The lowest BCUT2D eigenvalue weighted by Crippen LogP contribution is -2.54. The van der Waals surface area contributed by atoms with E-state index in [9.17, 15) is 0 Å². The molecule has 0 aliphatic heterocycles. The highest BCUT2D eigenvalue weighted by Gasteiger charge is 2.47. The van der Waals surface area contributed by atoms with Gasteiger partial charge < -0.3 is 13.3 Å². The first-order valence-corrected chi connectivity index (χ1v) is 10.1. The fraction of sp³-hybridized carbons (Fsp3) is 0.625. The van der Waals surface area contributed by atoms with Gasteiger partial charge in [-0.1, -0.05) is 46.3 Å². The van der Waals surface area contributed by atoms with Crippen molar-refractivity contribution in [1.29, 1.82) is 0 Å². The van der Waals surface area contributed by atoms with E-state index in [2.05, 4.69) is 28.1 Å². The third kappa shape index (κ3) is 7.56. The van der Waals surface area contributed by atoms with Gasteiger partial charge in [0.15, 0.2) is 0 Å². The van der Waals surface area contributed by atoms with Crippen molar-refractivity contribution >= 4 is 24.7 Å². The van der Waals surface area contributed by atoms with Crippen LogP contribution in [0.5, 0.6) is 0 Å². The quantitative estimate of drug-likeness (QED) is 0.487. The van der Waals surface area contributed by atoms with E-state index < -0.39 is 13.3 Å². The van der Waals surface area contributed by atoms with Crippen molar-refractivity contribution in [2.75, 3.05) is 0 Å². The van der Waals surface area contributed by atoms with E-state index in [-0.39, 0.29) is 12.2 Å². The summed E-state index contributed by atoms with van der Waals surface area (Å²) in [4.78, 5) is 0. The molecule has 0 aliphatic carbocycles. The van der Waals surface area contributed by atoms with E-state index in [4.69, 9.17) is 13.3 Å². The molecule has 1 aromatic carbocycles. The summed E-state index contributed by atoms with van der Waals surface area (Å²) in [5.41, 5.74) is 1.17. The molecule has 1 aromatic rings. The third-order valence-corrected chi connectivity index (χ3v) is 6.28. The Morgan fingerprint density at radius 3 is 1.86 bits per heavy atom. The van der Waals surface area contributed by atoms with E-state index >= 15 is 0 Å². The van der Waals surface area contributed by atoms with Gasteiger partial charge in [0.1, 0.15) is 4.51 Å². The van der Waals surface area contributed by atoms with Crippen LogP contribution < -0.4 is 0 Å². The van der Waals surface area contributed by atoms with Crippen LogP contribution in [0.25, 0.3) is 0 Å². The number of rotatable bonds is 8. The number of halogens is 1. The minimum absolute atomic E-state index is 0.0500. The van der Waals surface area contributed by atoms with Gasteiger partial charge in [0, 0.05) is 18.3 Å². The summed E-state index contributed by atoms with van der Waals surface area (Å²) in [6.45, 7) is 12.0. The Bertz CT molecular complexity index is 405. The first-order valence-electron chi connectivity index (χ1n) is 7.40. The van der Waals surface area contributed by atoms with Crippen LogP contribution in [0.4, 0.5) is 0 Å². The predicted molar refractivity (Wildman–Crippen MR) is 92.4 cm³/mol. The van der Waals surface area contributed by atoms with E-state index in [1.54, 1.807) is 0 Å². The molecule has 0 atom stereocenters. The zero-order valence-corrected chi connectivity index (χ0v) is 16.4. The van der Waals surface area contributed by atoms with Gasteiger partial charge in [0.05, 0.1) is 0 Å². The summed E-state index contributed by atoms with van der Waals surface area (Å²) < 4.78 is 18.2. The molecular weight excluding hydrogens is 348 g/mol. The molecule has 0 fully saturated rings. The Balaban J connectivity index is 3.08. The molecule has 21 heavy (non-hydrogen) atoms. The maximum Gasteiger partial charge on any atom is 0.507 e. The van der Waals surface area contributed by atoms with Gasteiger partial charge in [-0.25, -0.2) is 0 Å². The van der Waals surface area contributed by atoms with E-state index in [0.717, 1.165) is 0 Å². The van der Waals surface area contributed by atoms with Crippen LogP contribution in [0.3, 0.4) is 0 Å². The largest absolute Gasteiger partial charge is 0.507 e. The van der Waals surface area contributed by atoms with Gasteiger partial charge >= 0.3 is 8.80 Å². The van der Waals surface area contributed by atoms with Crippen molar-refractivity contribution < 1.29 is 13.3 Å².